The van der Waals surface area contributed by atoms with Crippen molar-refractivity contribution in [1.82, 2.24) is 9.88 Å². The number of fused-ring (bicyclic) bond motifs is 1. The SMILES string of the molecule is COc1ccc(CC(=O)N(CCCN(C)C)c2nc3c(C)c(Cl)ccc3s2)cc1.Cl. The molecular formula is C22H27Cl2N3O2S. The van der Waals surface area contributed by atoms with Gasteiger partial charge >= 0.3 is 0 Å². The lowest BCUT2D eigenvalue weighted by Gasteiger charge is -2.21. The molecule has 30 heavy (non-hydrogen) atoms. The maximum Gasteiger partial charge on any atom is 0.233 e. The third kappa shape index (κ3) is 5.85. The topological polar surface area (TPSA) is 45.7 Å². The van der Waals surface area contributed by atoms with Crippen LogP contribution in [-0.2, 0) is 11.2 Å². The Morgan fingerprint density at radius 2 is 1.83 bits per heavy atom. The van der Waals surface area contributed by atoms with Crippen molar-refractivity contribution in [2.75, 3.05) is 39.2 Å². The number of anilines is 1. The van der Waals surface area contributed by atoms with Gasteiger partial charge in [-0.25, -0.2) is 4.98 Å². The Labute approximate surface area is 193 Å². The van der Waals surface area contributed by atoms with Gasteiger partial charge < -0.3 is 9.64 Å². The first-order chi connectivity index (χ1) is 13.9. The van der Waals surface area contributed by atoms with E-state index >= 15 is 0 Å². The van der Waals surface area contributed by atoms with E-state index in [1.807, 2.05) is 62.3 Å². The molecule has 0 spiro atoms. The van der Waals surface area contributed by atoms with Gasteiger partial charge in [-0.1, -0.05) is 35.1 Å². The average Bonchev–Trinajstić information content (AvgIpc) is 3.13. The Morgan fingerprint density at radius 1 is 1.13 bits per heavy atom. The van der Waals surface area contributed by atoms with Crippen LogP contribution in [-0.4, -0.2) is 50.1 Å². The first kappa shape index (κ1) is 24.4. The molecule has 0 bridgehead atoms. The Hall–Kier alpha value is -1.86. The molecule has 0 aliphatic carbocycles. The van der Waals surface area contributed by atoms with Gasteiger partial charge in [0.1, 0.15) is 5.75 Å². The number of amides is 1. The van der Waals surface area contributed by atoms with E-state index in [0.717, 1.165) is 45.2 Å². The van der Waals surface area contributed by atoms with Crippen LogP contribution in [0.4, 0.5) is 5.13 Å². The number of nitrogens with zero attached hydrogens (tertiary/aromatic N) is 3. The molecule has 3 aromatic rings. The number of hydrogen-bond donors (Lipinski definition) is 0. The van der Waals surface area contributed by atoms with Crippen molar-refractivity contribution in [2.24, 2.45) is 0 Å². The zero-order chi connectivity index (χ0) is 21.0. The number of rotatable bonds is 8. The van der Waals surface area contributed by atoms with Crippen molar-refractivity contribution >= 4 is 56.6 Å². The van der Waals surface area contributed by atoms with E-state index in [0.29, 0.717) is 18.0 Å². The summed E-state index contributed by atoms with van der Waals surface area (Å²) in [5, 5.41) is 1.42. The maximum atomic E-state index is 13.2. The van der Waals surface area contributed by atoms with Crippen molar-refractivity contribution in [3.05, 3.63) is 52.5 Å². The zero-order valence-corrected chi connectivity index (χ0v) is 20.0. The fourth-order valence-corrected chi connectivity index (χ4v) is 4.31. The van der Waals surface area contributed by atoms with Crippen molar-refractivity contribution in [3.8, 4) is 5.75 Å². The van der Waals surface area contributed by atoms with Crippen LogP contribution in [0.2, 0.25) is 5.02 Å². The molecule has 162 valence electrons. The fraction of sp³-hybridized carbons (Fsp3) is 0.364. The van der Waals surface area contributed by atoms with Crippen LogP contribution in [0.15, 0.2) is 36.4 Å². The Balaban J connectivity index is 0.00000320. The van der Waals surface area contributed by atoms with Gasteiger partial charge in [-0.3, -0.25) is 9.69 Å². The average molecular weight is 468 g/mol. The van der Waals surface area contributed by atoms with E-state index in [-0.39, 0.29) is 18.3 Å². The third-order valence-corrected chi connectivity index (χ3v) is 6.22. The van der Waals surface area contributed by atoms with E-state index in [2.05, 4.69) is 4.90 Å². The van der Waals surface area contributed by atoms with Crippen LogP contribution < -0.4 is 9.64 Å². The summed E-state index contributed by atoms with van der Waals surface area (Å²) < 4.78 is 6.24. The lowest BCUT2D eigenvalue weighted by molar-refractivity contribution is -0.118. The predicted octanol–water partition coefficient (Wildman–Crippen LogP) is 5.22. The minimum atomic E-state index is 0. The molecule has 1 amide bonds. The molecule has 0 fully saturated rings. The molecule has 2 aromatic carbocycles. The van der Waals surface area contributed by atoms with Crippen molar-refractivity contribution in [3.63, 3.8) is 0 Å². The molecule has 0 aliphatic rings. The number of methoxy groups -OCH3 is 1. The number of carbonyl (C=O) groups excluding carboxylic acids is 1. The highest BCUT2D eigenvalue weighted by Crippen LogP contribution is 2.34. The van der Waals surface area contributed by atoms with E-state index in [1.165, 1.54) is 11.3 Å². The van der Waals surface area contributed by atoms with Gasteiger partial charge in [-0.2, -0.15) is 0 Å². The Morgan fingerprint density at radius 3 is 2.47 bits per heavy atom. The van der Waals surface area contributed by atoms with Crippen LogP contribution in [0.1, 0.15) is 17.5 Å². The third-order valence-electron chi connectivity index (χ3n) is 4.77. The lowest BCUT2D eigenvalue weighted by atomic mass is 10.1. The molecule has 1 aromatic heterocycles. The lowest BCUT2D eigenvalue weighted by Crippen LogP contribution is -2.34. The second-order valence-electron chi connectivity index (χ2n) is 7.24. The van der Waals surface area contributed by atoms with Crippen LogP contribution in [0.3, 0.4) is 0 Å². The molecule has 8 heteroatoms. The van der Waals surface area contributed by atoms with Crippen molar-refractivity contribution in [1.29, 1.82) is 0 Å². The number of aryl methyl sites for hydroxylation is 1. The molecule has 3 rings (SSSR count). The molecule has 0 N–H and O–H groups in total. The molecule has 0 saturated carbocycles. The number of thiazole rings is 1. The van der Waals surface area contributed by atoms with Crippen LogP contribution >= 0.6 is 35.3 Å². The van der Waals surface area contributed by atoms with E-state index in [4.69, 9.17) is 21.3 Å². The van der Waals surface area contributed by atoms with E-state index in [1.54, 1.807) is 7.11 Å². The zero-order valence-electron chi connectivity index (χ0n) is 17.6. The first-order valence-electron chi connectivity index (χ1n) is 9.52. The Bertz CT molecular complexity index is 990. The van der Waals surface area contributed by atoms with Gasteiger partial charge in [-0.15, -0.1) is 12.4 Å². The highest BCUT2D eigenvalue weighted by Gasteiger charge is 2.21. The van der Waals surface area contributed by atoms with Crippen molar-refractivity contribution in [2.45, 2.75) is 19.8 Å². The molecule has 0 aliphatic heterocycles. The van der Waals surface area contributed by atoms with Gasteiger partial charge in [-0.05, 0) is 69.4 Å². The second-order valence-corrected chi connectivity index (χ2v) is 8.66. The molecule has 0 atom stereocenters. The summed E-state index contributed by atoms with van der Waals surface area (Å²) in [5.74, 6) is 0.819. The van der Waals surface area contributed by atoms with Gasteiger partial charge in [0.2, 0.25) is 5.91 Å². The van der Waals surface area contributed by atoms with E-state index in [9.17, 15) is 4.79 Å². The maximum absolute atomic E-state index is 13.2. The van der Waals surface area contributed by atoms with Crippen molar-refractivity contribution < 1.29 is 9.53 Å². The number of aromatic nitrogens is 1. The minimum absolute atomic E-state index is 0. The molecule has 5 nitrogen and oxygen atoms in total. The smallest absolute Gasteiger partial charge is 0.233 e. The number of carbonyl (C=O) groups is 1. The highest BCUT2D eigenvalue weighted by atomic mass is 35.5. The first-order valence-corrected chi connectivity index (χ1v) is 10.7. The summed E-state index contributed by atoms with van der Waals surface area (Å²) in [5.41, 5.74) is 2.77. The van der Waals surface area contributed by atoms with Crippen LogP contribution in [0.25, 0.3) is 10.2 Å². The molecular weight excluding hydrogens is 441 g/mol. The monoisotopic (exact) mass is 467 g/mol. The largest absolute Gasteiger partial charge is 0.497 e. The fourth-order valence-electron chi connectivity index (χ4n) is 3.09. The number of benzene rings is 2. The van der Waals surface area contributed by atoms with Crippen LogP contribution in [0, 0.1) is 6.92 Å². The van der Waals surface area contributed by atoms with Crippen LogP contribution in [0.5, 0.6) is 5.75 Å². The van der Waals surface area contributed by atoms with Gasteiger partial charge in [0.05, 0.1) is 23.7 Å². The van der Waals surface area contributed by atoms with Gasteiger partial charge in [0.15, 0.2) is 5.13 Å². The number of halogens is 2. The molecule has 0 saturated heterocycles. The summed E-state index contributed by atoms with van der Waals surface area (Å²) in [7, 11) is 5.70. The number of hydrogen-bond acceptors (Lipinski definition) is 5. The minimum Gasteiger partial charge on any atom is -0.497 e. The summed E-state index contributed by atoms with van der Waals surface area (Å²) in [6, 6.07) is 11.5. The summed E-state index contributed by atoms with van der Waals surface area (Å²) in [6.45, 7) is 3.49. The normalized spacial score (nSPS) is 10.9. The summed E-state index contributed by atoms with van der Waals surface area (Å²) >= 11 is 7.79. The highest BCUT2D eigenvalue weighted by molar-refractivity contribution is 7.22. The predicted molar refractivity (Wildman–Crippen MR) is 129 cm³/mol. The molecule has 1 heterocycles. The second kappa shape index (κ2) is 11.0. The summed E-state index contributed by atoms with van der Waals surface area (Å²) in [4.78, 5) is 21.9. The van der Waals surface area contributed by atoms with Gasteiger partial charge in [0, 0.05) is 11.6 Å². The Kier molecular flexibility index (Phi) is 8.92. The number of ether oxygens (including phenoxy) is 1. The van der Waals surface area contributed by atoms with E-state index < -0.39 is 0 Å². The quantitative estimate of drug-likeness (QED) is 0.455. The molecule has 0 unspecified atom stereocenters. The molecule has 0 radical (unpaired) electrons. The standard InChI is InChI=1S/C22H26ClN3O2S.ClH/c1-15-18(23)10-11-19-21(15)24-22(29-19)26(13-5-12-25(2)3)20(27)14-16-6-8-17(28-4)9-7-16;/h6-11H,5,12-14H2,1-4H3;1H. The van der Waals surface area contributed by atoms with Gasteiger partial charge in [0.25, 0.3) is 0 Å². The summed E-state index contributed by atoms with van der Waals surface area (Å²) in [6.07, 6.45) is 1.19.